The third-order valence-electron chi connectivity index (χ3n) is 5.69. The first-order valence-electron chi connectivity index (χ1n) is 9.27. The van der Waals surface area contributed by atoms with Gasteiger partial charge in [0.15, 0.2) is 5.82 Å². The number of hydrogen-bond donors (Lipinski definition) is 1. The van der Waals surface area contributed by atoms with E-state index in [0.29, 0.717) is 18.8 Å². The number of aryl methyl sites for hydroxylation is 2. The molecule has 0 unspecified atom stereocenters. The summed E-state index contributed by atoms with van der Waals surface area (Å²) in [5.41, 5.74) is 2.39. The number of carbonyl (C=O) groups is 2. The van der Waals surface area contributed by atoms with Crippen LogP contribution >= 0.6 is 11.8 Å². The highest BCUT2D eigenvalue weighted by Gasteiger charge is 2.45. The molecular formula is C20H24N4O2S. The number of nitrogens with one attached hydrogen (secondary N) is 1. The maximum Gasteiger partial charge on any atom is 0.254 e. The predicted octanol–water partition coefficient (Wildman–Crippen LogP) is 2.98. The standard InChI is InChI=1S/C20H24N4O2S/c1-14-11-17(22-23(14)2)21-18(25)12-20(7-9-27-10-8-20)24-13-15-5-3-4-6-16(15)19(24)26/h3-6,11H,7-10,12-13H2,1-2H3,(H,21,22,25). The smallest absolute Gasteiger partial charge is 0.254 e. The summed E-state index contributed by atoms with van der Waals surface area (Å²) in [5, 5.41) is 7.23. The second-order valence-electron chi connectivity index (χ2n) is 7.40. The first-order valence-corrected chi connectivity index (χ1v) is 10.4. The first kappa shape index (κ1) is 18.1. The molecule has 7 heteroatoms. The molecule has 1 saturated heterocycles. The lowest BCUT2D eigenvalue weighted by atomic mass is 9.86. The normalized spacial score (nSPS) is 18.4. The van der Waals surface area contributed by atoms with E-state index in [2.05, 4.69) is 10.4 Å². The molecule has 0 aliphatic carbocycles. The zero-order chi connectivity index (χ0) is 19.0. The van der Waals surface area contributed by atoms with Gasteiger partial charge in [0.25, 0.3) is 5.91 Å². The highest BCUT2D eigenvalue weighted by Crippen LogP contribution is 2.40. The molecule has 2 aromatic rings. The minimum absolute atomic E-state index is 0.0546. The zero-order valence-electron chi connectivity index (χ0n) is 15.7. The quantitative estimate of drug-likeness (QED) is 0.880. The Morgan fingerprint density at radius 1 is 1.30 bits per heavy atom. The number of thioether (sulfide) groups is 1. The first-order chi connectivity index (χ1) is 13.0. The van der Waals surface area contributed by atoms with Gasteiger partial charge in [-0.3, -0.25) is 14.3 Å². The molecule has 6 nitrogen and oxygen atoms in total. The van der Waals surface area contributed by atoms with Crippen LogP contribution in [0.2, 0.25) is 0 Å². The molecular weight excluding hydrogens is 360 g/mol. The fourth-order valence-corrected chi connectivity index (χ4v) is 5.29. The second kappa shape index (κ2) is 7.03. The molecule has 0 bridgehead atoms. The van der Waals surface area contributed by atoms with Crippen LogP contribution in [0.25, 0.3) is 0 Å². The Bertz CT molecular complexity index is 866. The van der Waals surface area contributed by atoms with Crippen molar-refractivity contribution in [3.05, 3.63) is 47.2 Å². The van der Waals surface area contributed by atoms with Gasteiger partial charge in [-0.2, -0.15) is 16.9 Å². The summed E-state index contributed by atoms with van der Waals surface area (Å²) < 4.78 is 1.74. The lowest BCUT2D eigenvalue weighted by Gasteiger charge is -2.44. The number of hydrogen-bond acceptors (Lipinski definition) is 4. The van der Waals surface area contributed by atoms with E-state index < -0.39 is 5.54 Å². The Balaban J connectivity index is 1.56. The van der Waals surface area contributed by atoms with Crippen molar-refractivity contribution in [2.24, 2.45) is 7.05 Å². The van der Waals surface area contributed by atoms with Crippen LogP contribution in [0, 0.1) is 6.92 Å². The van der Waals surface area contributed by atoms with E-state index in [9.17, 15) is 9.59 Å². The molecule has 2 aliphatic heterocycles. The SMILES string of the molecule is Cc1cc(NC(=O)CC2(N3Cc4ccccc4C3=O)CCSCC2)nn1C. The second-order valence-corrected chi connectivity index (χ2v) is 8.63. The van der Waals surface area contributed by atoms with Gasteiger partial charge in [-0.1, -0.05) is 18.2 Å². The molecule has 1 aromatic carbocycles. The van der Waals surface area contributed by atoms with Gasteiger partial charge >= 0.3 is 0 Å². The van der Waals surface area contributed by atoms with Crippen molar-refractivity contribution in [2.45, 2.75) is 38.3 Å². The van der Waals surface area contributed by atoms with Crippen LogP contribution in [0.1, 0.15) is 40.9 Å². The number of fused-ring (bicyclic) bond motifs is 1. The fraction of sp³-hybridized carbons (Fsp3) is 0.450. The zero-order valence-corrected chi connectivity index (χ0v) is 16.5. The van der Waals surface area contributed by atoms with E-state index in [1.54, 1.807) is 4.68 Å². The Hall–Kier alpha value is -2.28. The van der Waals surface area contributed by atoms with Crippen LogP contribution in [0.5, 0.6) is 0 Å². The van der Waals surface area contributed by atoms with Gasteiger partial charge in [0.2, 0.25) is 5.91 Å². The average Bonchev–Trinajstić information content (AvgIpc) is 3.15. The molecule has 0 spiro atoms. The highest BCUT2D eigenvalue weighted by molar-refractivity contribution is 7.99. The van der Waals surface area contributed by atoms with E-state index in [0.717, 1.165) is 41.2 Å². The summed E-state index contributed by atoms with van der Waals surface area (Å²) in [6.07, 6.45) is 1.99. The summed E-state index contributed by atoms with van der Waals surface area (Å²) in [7, 11) is 1.85. The summed E-state index contributed by atoms with van der Waals surface area (Å²) in [5.74, 6) is 2.48. The molecule has 0 radical (unpaired) electrons. The highest BCUT2D eigenvalue weighted by atomic mass is 32.2. The lowest BCUT2D eigenvalue weighted by molar-refractivity contribution is -0.119. The van der Waals surface area contributed by atoms with Crippen molar-refractivity contribution in [1.82, 2.24) is 14.7 Å². The minimum atomic E-state index is -0.421. The largest absolute Gasteiger partial charge is 0.328 e. The Morgan fingerprint density at radius 3 is 2.70 bits per heavy atom. The predicted molar refractivity (Wildman–Crippen MR) is 107 cm³/mol. The van der Waals surface area contributed by atoms with E-state index in [-0.39, 0.29) is 11.8 Å². The van der Waals surface area contributed by atoms with Crippen molar-refractivity contribution in [2.75, 3.05) is 16.8 Å². The molecule has 142 valence electrons. The number of benzene rings is 1. The van der Waals surface area contributed by atoms with Crippen molar-refractivity contribution in [3.63, 3.8) is 0 Å². The van der Waals surface area contributed by atoms with Gasteiger partial charge in [-0.05, 0) is 42.9 Å². The van der Waals surface area contributed by atoms with Crippen molar-refractivity contribution < 1.29 is 9.59 Å². The van der Waals surface area contributed by atoms with Gasteiger partial charge in [-0.15, -0.1) is 0 Å². The van der Waals surface area contributed by atoms with Crippen molar-refractivity contribution in [1.29, 1.82) is 0 Å². The van der Waals surface area contributed by atoms with Gasteiger partial charge < -0.3 is 10.2 Å². The van der Waals surface area contributed by atoms with E-state index in [1.807, 2.05) is 61.0 Å². The summed E-state index contributed by atoms with van der Waals surface area (Å²) in [6.45, 7) is 2.54. The third-order valence-corrected chi connectivity index (χ3v) is 6.67. The maximum atomic E-state index is 13.1. The summed E-state index contributed by atoms with van der Waals surface area (Å²) in [4.78, 5) is 27.8. The molecule has 27 heavy (non-hydrogen) atoms. The molecule has 0 atom stereocenters. The van der Waals surface area contributed by atoms with Crippen molar-refractivity contribution in [3.8, 4) is 0 Å². The number of aromatic nitrogens is 2. The Kier molecular flexibility index (Phi) is 4.72. The number of nitrogens with zero attached hydrogens (tertiary/aromatic N) is 3. The fourth-order valence-electron chi connectivity index (χ4n) is 4.04. The van der Waals surface area contributed by atoms with Crippen LogP contribution < -0.4 is 5.32 Å². The molecule has 2 aliphatic rings. The molecule has 4 rings (SSSR count). The molecule has 1 N–H and O–H groups in total. The molecule has 0 saturated carbocycles. The van der Waals surface area contributed by atoms with Gasteiger partial charge in [0.05, 0.1) is 12.0 Å². The van der Waals surface area contributed by atoms with Gasteiger partial charge in [0.1, 0.15) is 0 Å². The topological polar surface area (TPSA) is 67.2 Å². The Morgan fingerprint density at radius 2 is 2.04 bits per heavy atom. The third kappa shape index (κ3) is 3.36. The number of amides is 2. The number of anilines is 1. The van der Waals surface area contributed by atoms with Gasteiger partial charge in [0, 0.05) is 30.9 Å². The van der Waals surface area contributed by atoms with Crippen LogP contribution in [-0.2, 0) is 18.4 Å². The molecule has 1 fully saturated rings. The molecule has 2 amide bonds. The lowest BCUT2D eigenvalue weighted by Crippen LogP contribution is -2.53. The van der Waals surface area contributed by atoms with Crippen LogP contribution in [0.4, 0.5) is 5.82 Å². The number of carbonyl (C=O) groups excluding carboxylic acids is 2. The van der Waals surface area contributed by atoms with E-state index in [4.69, 9.17) is 0 Å². The minimum Gasteiger partial charge on any atom is -0.328 e. The average molecular weight is 385 g/mol. The van der Waals surface area contributed by atoms with Crippen LogP contribution in [0.15, 0.2) is 30.3 Å². The summed E-state index contributed by atoms with van der Waals surface area (Å²) >= 11 is 1.89. The van der Waals surface area contributed by atoms with Crippen LogP contribution in [-0.4, -0.2) is 43.5 Å². The van der Waals surface area contributed by atoms with Crippen LogP contribution in [0.3, 0.4) is 0 Å². The molecule has 1 aromatic heterocycles. The van der Waals surface area contributed by atoms with E-state index >= 15 is 0 Å². The maximum absolute atomic E-state index is 13.1. The van der Waals surface area contributed by atoms with E-state index in [1.165, 1.54) is 0 Å². The number of rotatable bonds is 4. The van der Waals surface area contributed by atoms with Gasteiger partial charge in [-0.25, -0.2) is 0 Å². The van der Waals surface area contributed by atoms with Crippen molar-refractivity contribution >= 4 is 29.4 Å². The summed E-state index contributed by atoms with van der Waals surface area (Å²) in [6, 6.07) is 9.63. The monoisotopic (exact) mass is 384 g/mol. The Labute approximate surface area is 163 Å². The molecule has 3 heterocycles.